The molecule has 23 heavy (non-hydrogen) atoms. The molecule has 1 aromatic rings. The Morgan fingerprint density at radius 3 is 2.87 bits per heavy atom. The number of imidazole rings is 1. The average Bonchev–Trinajstić information content (AvgIpc) is 3.16. The van der Waals surface area contributed by atoms with Gasteiger partial charge in [-0.05, 0) is 12.8 Å². The van der Waals surface area contributed by atoms with Crippen LogP contribution >= 0.6 is 0 Å². The van der Waals surface area contributed by atoms with E-state index in [1.807, 2.05) is 0 Å². The number of likely N-dealkylation sites (tertiary alicyclic amines) is 2. The SMILES string of the molecule is O=C1C[C@H](C(=O)N2CCC[C@H]2c2ncc[nH]2)CN1CC(F)(F)F. The van der Waals surface area contributed by atoms with E-state index in [2.05, 4.69) is 9.97 Å². The van der Waals surface area contributed by atoms with Crippen molar-refractivity contribution in [2.45, 2.75) is 31.5 Å². The highest BCUT2D eigenvalue weighted by Gasteiger charge is 2.43. The summed E-state index contributed by atoms with van der Waals surface area (Å²) in [4.78, 5) is 33.9. The lowest BCUT2D eigenvalue weighted by Gasteiger charge is -2.26. The number of carbonyl (C=O) groups is 2. The van der Waals surface area contributed by atoms with E-state index in [0.717, 1.165) is 17.7 Å². The molecule has 0 aliphatic carbocycles. The number of aromatic amines is 1. The minimum Gasteiger partial charge on any atom is -0.347 e. The zero-order valence-corrected chi connectivity index (χ0v) is 12.3. The summed E-state index contributed by atoms with van der Waals surface area (Å²) in [6.07, 6.45) is 0.228. The molecule has 1 N–H and O–H groups in total. The summed E-state index contributed by atoms with van der Waals surface area (Å²) in [6.45, 7) is -0.927. The number of carbonyl (C=O) groups excluding carboxylic acids is 2. The maximum atomic E-state index is 12.6. The highest BCUT2D eigenvalue weighted by atomic mass is 19.4. The second-order valence-corrected chi connectivity index (χ2v) is 5.95. The Bertz CT molecular complexity index is 587. The van der Waals surface area contributed by atoms with Gasteiger partial charge in [0.1, 0.15) is 12.4 Å². The van der Waals surface area contributed by atoms with Gasteiger partial charge in [-0.15, -0.1) is 0 Å². The van der Waals surface area contributed by atoms with Crippen LogP contribution < -0.4 is 0 Å². The minimum absolute atomic E-state index is 0.156. The summed E-state index contributed by atoms with van der Waals surface area (Å²) in [7, 11) is 0. The smallest absolute Gasteiger partial charge is 0.347 e. The van der Waals surface area contributed by atoms with Gasteiger partial charge >= 0.3 is 6.18 Å². The molecule has 0 bridgehead atoms. The number of alkyl halides is 3. The lowest BCUT2D eigenvalue weighted by atomic mass is 10.1. The van der Waals surface area contributed by atoms with E-state index in [4.69, 9.17) is 0 Å². The van der Waals surface area contributed by atoms with Gasteiger partial charge in [-0.1, -0.05) is 0 Å². The van der Waals surface area contributed by atoms with E-state index in [1.165, 1.54) is 0 Å². The fraction of sp³-hybridized carbons (Fsp3) is 0.643. The molecular formula is C14H17F3N4O2. The lowest BCUT2D eigenvalue weighted by Crippen LogP contribution is -2.39. The number of hydrogen-bond donors (Lipinski definition) is 1. The highest BCUT2D eigenvalue weighted by molar-refractivity contribution is 5.89. The third-order valence-corrected chi connectivity index (χ3v) is 4.30. The Morgan fingerprint density at radius 1 is 1.43 bits per heavy atom. The molecule has 2 saturated heterocycles. The van der Waals surface area contributed by atoms with Crippen molar-refractivity contribution < 1.29 is 22.8 Å². The van der Waals surface area contributed by atoms with E-state index in [0.29, 0.717) is 12.4 Å². The summed E-state index contributed by atoms with van der Waals surface area (Å²) in [5, 5.41) is 0. The standard InChI is InChI=1S/C14H17F3N4O2/c15-14(16,17)8-20-7-9(6-11(20)22)13(23)21-5-1-2-10(21)12-18-3-4-19-12/h3-4,9-10H,1-2,5-8H2,(H,18,19)/t9-,10-/m0/s1. The van der Waals surface area contributed by atoms with Gasteiger partial charge in [0.05, 0.1) is 12.0 Å². The Hall–Kier alpha value is -2.06. The summed E-state index contributed by atoms with van der Waals surface area (Å²) in [5.74, 6) is -0.913. The highest BCUT2D eigenvalue weighted by Crippen LogP contribution is 2.33. The molecule has 0 radical (unpaired) electrons. The Morgan fingerprint density at radius 2 is 2.22 bits per heavy atom. The first-order valence-corrected chi connectivity index (χ1v) is 7.49. The normalized spacial score (nSPS) is 25.4. The van der Waals surface area contributed by atoms with Gasteiger partial charge in [0.25, 0.3) is 0 Å². The van der Waals surface area contributed by atoms with Crippen LogP contribution in [0.15, 0.2) is 12.4 Å². The summed E-state index contributed by atoms with van der Waals surface area (Å²) in [5.41, 5.74) is 0. The molecule has 0 spiro atoms. The zero-order valence-electron chi connectivity index (χ0n) is 12.3. The first-order chi connectivity index (χ1) is 10.8. The summed E-state index contributed by atoms with van der Waals surface area (Å²) in [6, 6.07) is -0.190. The van der Waals surface area contributed by atoms with Crippen LogP contribution in [-0.2, 0) is 9.59 Å². The van der Waals surface area contributed by atoms with Crippen molar-refractivity contribution in [3.63, 3.8) is 0 Å². The van der Waals surface area contributed by atoms with Crippen molar-refractivity contribution in [1.29, 1.82) is 0 Å². The van der Waals surface area contributed by atoms with Crippen molar-refractivity contribution in [3.8, 4) is 0 Å². The van der Waals surface area contributed by atoms with Gasteiger partial charge in [0.15, 0.2) is 0 Å². The van der Waals surface area contributed by atoms with Crippen LogP contribution in [0.3, 0.4) is 0 Å². The Balaban J connectivity index is 1.68. The van der Waals surface area contributed by atoms with Crippen molar-refractivity contribution in [2.24, 2.45) is 5.92 Å². The lowest BCUT2D eigenvalue weighted by molar-refractivity contribution is -0.157. The van der Waals surface area contributed by atoms with Gasteiger partial charge in [-0.3, -0.25) is 9.59 Å². The van der Waals surface area contributed by atoms with Crippen LogP contribution in [-0.4, -0.2) is 57.4 Å². The van der Waals surface area contributed by atoms with Crippen molar-refractivity contribution in [3.05, 3.63) is 18.2 Å². The number of nitrogens with zero attached hydrogens (tertiary/aromatic N) is 3. The number of aromatic nitrogens is 2. The average molecular weight is 330 g/mol. The van der Waals surface area contributed by atoms with Crippen LogP contribution in [0.5, 0.6) is 0 Å². The second-order valence-electron chi connectivity index (χ2n) is 5.95. The zero-order chi connectivity index (χ0) is 16.6. The van der Waals surface area contributed by atoms with E-state index < -0.39 is 24.5 Å². The van der Waals surface area contributed by atoms with Crippen LogP contribution in [0.4, 0.5) is 13.2 Å². The van der Waals surface area contributed by atoms with Crippen LogP contribution in [0.1, 0.15) is 31.1 Å². The largest absolute Gasteiger partial charge is 0.406 e. The number of rotatable bonds is 3. The van der Waals surface area contributed by atoms with Gasteiger partial charge < -0.3 is 14.8 Å². The maximum Gasteiger partial charge on any atom is 0.406 e. The Labute approximate surface area is 130 Å². The molecule has 2 amide bonds. The predicted octanol–water partition coefficient (Wildman–Crippen LogP) is 1.48. The molecule has 0 saturated carbocycles. The molecule has 2 atom stereocenters. The van der Waals surface area contributed by atoms with Gasteiger partial charge in [-0.2, -0.15) is 13.2 Å². The first kappa shape index (κ1) is 15.8. The molecule has 6 nitrogen and oxygen atoms in total. The number of nitrogens with one attached hydrogen (secondary N) is 1. The van der Waals surface area contributed by atoms with E-state index in [9.17, 15) is 22.8 Å². The van der Waals surface area contributed by atoms with Gasteiger partial charge in [-0.25, -0.2) is 4.98 Å². The first-order valence-electron chi connectivity index (χ1n) is 7.49. The fourth-order valence-electron chi connectivity index (χ4n) is 3.32. The molecule has 3 heterocycles. The van der Waals surface area contributed by atoms with Crippen molar-refractivity contribution in [2.75, 3.05) is 19.6 Å². The van der Waals surface area contributed by atoms with Crippen LogP contribution in [0, 0.1) is 5.92 Å². The van der Waals surface area contributed by atoms with Crippen LogP contribution in [0.2, 0.25) is 0 Å². The maximum absolute atomic E-state index is 12.6. The molecule has 2 fully saturated rings. The fourth-order valence-corrected chi connectivity index (χ4v) is 3.32. The molecule has 2 aliphatic heterocycles. The monoisotopic (exact) mass is 330 g/mol. The topological polar surface area (TPSA) is 69.3 Å². The third-order valence-electron chi connectivity index (χ3n) is 4.30. The molecule has 9 heteroatoms. The van der Waals surface area contributed by atoms with Gasteiger partial charge in [0, 0.05) is 31.9 Å². The number of H-pyrrole nitrogens is 1. The molecular weight excluding hydrogens is 313 g/mol. The number of amides is 2. The predicted molar refractivity (Wildman–Crippen MR) is 73.0 cm³/mol. The quantitative estimate of drug-likeness (QED) is 0.913. The number of halogens is 3. The molecule has 2 aliphatic rings. The van der Waals surface area contributed by atoms with Gasteiger partial charge in [0.2, 0.25) is 11.8 Å². The molecule has 1 aromatic heterocycles. The molecule has 0 aromatic carbocycles. The summed E-state index contributed by atoms with van der Waals surface area (Å²) < 4.78 is 37.4. The minimum atomic E-state index is -4.45. The van der Waals surface area contributed by atoms with E-state index in [-0.39, 0.29) is 24.9 Å². The van der Waals surface area contributed by atoms with Crippen molar-refractivity contribution in [1.82, 2.24) is 19.8 Å². The van der Waals surface area contributed by atoms with E-state index >= 15 is 0 Å². The summed E-state index contributed by atoms with van der Waals surface area (Å²) >= 11 is 0. The second kappa shape index (κ2) is 5.86. The number of hydrogen-bond acceptors (Lipinski definition) is 3. The molecule has 0 unspecified atom stereocenters. The van der Waals surface area contributed by atoms with Crippen molar-refractivity contribution >= 4 is 11.8 Å². The van der Waals surface area contributed by atoms with Crippen LogP contribution in [0.25, 0.3) is 0 Å². The third kappa shape index (κ3) is 3.32. The van der Waals surface area contributed by atoms with E-state index in [1.54, 1.807) is 17.3 Å². The Kier molecular flexibility index (Phi) is 4.03. The molecule has 3 rings (SSSR count). The molecule has 126 valence electrons.